The highest BCUT2D eigenvalue weighted by atomic mass is 19.1. The molecule has 0 spiro atoms. The van der Waals surface area contributed by atoms with Crippen LogP contribution < -0.4 is 0 Å². The summed E-state index contributed by atoms with van der Waals surface area (Å²) in [6.45, 7) is 1.37. The first kappa shape index (κ1) is 13.4. The molecule has 0 amide bonds. The van der Waals surface area contributed by atoms with Gasteiger partial charge in [0.25, 0.3) is 0 Å². The fraction of sp³-hybridized carbons (Fsp3) is 0.385. The van der Waals surface area contributed by atoms with E-state index < -0.39 is 11.9 Å². The van der Waals surface area contributed by atoms with E-state index in [4.69, 9.17) is 0 Å². The highest BCUT2D eigenvalue weighted by molar-refractivity contribution is 5.97. The van der Waals surface area contributed by atoms with Gasteiger partial charge in [0.2, 0.25) is 0 Å². The average molecular weight is 238 g/mol. The van der Waals surface area contributed by atoms with Gasteiger partial charge < -0.3 is 4.74 Å². The van der Waals surface area contributed by atoms with Crippen molar-refractivity contribution in [1.82, 2.24) is 0 Å². The van der Waals surface area contributed by atoms with Crippen LogP contribution in [0.3, 0.4) is 0 Å². The lowest BCUT2D eigenvalue weighted by Crippen LogP contribution is -2.23. The lowest BCUT2D eigenvalue weighted by molar-refractivity contribution is -0.149. The average Bonchev–Trinajstić information content (AvgIpc) is 2.31. The van der Waals surface area contributed by atoms with E-state index in [1.165, 1.54) is 26.2 Å². The molecule has 0 saturated heterocycles. The van der Waals surface area contributed by atoms with Crippen LogP contribution >= 0.6 is 0 Å². The monoisotopic (exact) mass is 238 g/mol. The summed E-state index contributed by atoms with van der Waals surface area (Å²) in [5.41, 5.74) is 0.890. The molecule has 1 unspecified atom stereocenters. The van der Waals surface area contributed by atoms with Gasteiger partial charge in [-0.05, 0) is 37.5 Å². The smallest absolute Gasteiger partial charge is 0.316 e. The molecule has 0 N–H and O–H groups in total. The summed E-state index contributed by atoms with van der Waals surface area (Å²) in [7, 11) is 1.26. The first-order valence-electron chi connectivity index (χ1n) is 5.37. The van der Waals surface area contributed by atoms with E-state index in [0.29, 0.717) is 12.8 Å². The van der Waals surface area contributed by atoms with E-state index in [0.717, 1.165) is 5.56 Å². The summed E-state index contributed by atoms with van der Waals surface area (Å²) in [5.74, 6) is -1.76. The molecule has 0 aliphatic rings. The fourth-order valence-electron chi connectivity index (χ4n) is 1.59. The van der Waals surface area contributed by atoms with E-state index in [2.05, 4.69) is 4.74 Å². The molecule has 1 aromatic rings. The Labute approximate surface area is 99.6 Å². The number of aryl methyl sites for hydroxylation is 1. The number of hydrogen-bond donors (Lipinski definition) is 0. The van der Waals surface area contributed by atoms with Crippen molar-refractivity contribution in [2.45, 2.75) is 19.8 Å². The van der Waals surface area contributed by atoms with Gasteiger partial charge in [-0.2, -0.15) is 0 Å². The minimum absolute atomic E-state index is 0.209. The fourth-order valence-corrected chi connectivity index (χ4v) is 1.59. The summed E-state index contributed by atoms with van der Waals surface area (Å²) in [4.78, 5) is 22.6. The van der Waals surface area contributed by atoms with E-state index in [1.807, 2.05) is 0 Å². The van der Waals surface area contributed by atoms with E-state index in [-0.39, 0.29) is 11.6 Å². The van der Waals surface area contributed by atoms with Crippen LogP contribution in [-0.2, 0) is 20.7 Å². The number of carbonyl (C=O) groups excluding carboxylic acids is 2. The lowest BCUT2D eigenvalue weighted by Gasteiger charge is -2.10. The third-order valence-corrected chi connectivity index (χ3v) is 2.61. The number of benzene rings is 1. The molecule has 0 saturated carbocycles. The summed E-state index contributed by atoms with van der Waals surface area (Å²) in [6, 6.07) is 6.00. The van der Waals surface area contributed by atoms with Crippen LogP contribution in [0.5, 0.6) is 0 Å². The van der Waals surface area contributed by atoms with Crippen molar-refractivity contribution in [3.05, 3.63) is 35.6 Å². The Hall–Kier alpha value is -1.71. The van der Waals surface area contributed by atoms with Crippen LogP contribution in [0.15, 0.2) is 24.3 Å². The second-order valence-corrected chi connectivity index (χ2v) is 3.85. The van der Waals surface area contributed by atoms with Crippen LogP contribution in [0.2, 0.25) is 0 Å². The zero-order valence-corrected chi connectivity index (χ0v) is 9.90. The summed E-state index contributed by atoms with van der Waals surface area (Å²) < 4.78 is 17.2. The quantitative estimate of drug-likeness (QED) is 0.583. The Morgan fingerprint density at radius 2 is 1.88 bits per heavy atom. The van der Waals surface area contributed by atoms with E-state index >= 15 is 0 Å². The molecule has 0 radical (unpaired) electrons. The molecule has 1 atom stereocenters. The molecule has 0 aromatic heterocycles. The van der Waals surface area contributed by atoms with Crippen molar-refractivity contribution < 1.29 is 18.7 Å². The zero-order valence-electron chi connectivity index (χ0n) is 9.90. The van der Waals surface area contributed by atoms with Crippen molar-refractivity contribution >= 4 is 11.8 Å². The Bertz CT molecular complexity index is 398. The van der Waals surface area contributed by atoms with Gasteiger partial charge in [-0.15, -0.1) is 0 Å². The number of rotatable bonds is 5. The van der Waals surface area contributed by atoms with Crippen LogP contribution in [0.4, 0.5) is 4.39 Å². The Balaban J connectivity index is 2.61. The minimum atomic E-state index is -0.731. The number of hydrogen-bond acceptors (Lipinski definition) is 3. The van der Waals surface area contributed by atoms with Crippen molar-refractivity contribution in [3.63, 3.8) is 0 Å². The van der Waals surface area contributed by atoms with Gasteiger partial charge in [0, 0.05) is 0 Å². The summed E-state index contributed by atoms with van der Waals surface area (Å²) in [6.07, 6.45) is 0.924. The molecule has 0 bridgehead atoms. The summed E-state index contributed by atoms with van der Waals surface area (Å²) in [5, 5.41) is 0. The van der Waals surface area contributed by atoms with Crippen LogP contribution in [-0.4, -0.2) is 18.9 Å². The number of ether oxygens (including phenoxy) is 1. The minimum Gasteiger partial charge on any atom is -0.468 e. The topological polar surface area (TPSA) is 43.4 Å². The molecule has 0 aliphatic heterocycles. The first-order chi connectivity index (χ1) is 8.04. The molecule has 4 heteroatoms. The van der Waals surface area contributed by atoms with Crippen LogP contribution in [0.25, 0.3) is 0 Å². The molecule has 1 rings (SSSR count). The van der Waals surface area contributed by atoms with E-state index in [1.54, 1.807) is 12.1 Å². The number of halogens is 1. The van der Waals surface area contributed by atoms with Gasteiger partial charge in [-0.25, -0.2) is 4.39 Å². The van der Waals surface area contributed by atoms with Gasteiger partial charge in [-0.1, -0.05) is 12.1 Å². The Kier molecular flexibility index (Phi) is 4.82. The first-order valence-corrected chi connectivity index (χ1v) is 5.37. The maximum atomic E-state index is 12.7. The van der Waals surface area contributed by atoms with Crippen molar-refractivity contribution in [3.8, 4) is 0 Å². The number of Topliss-reactive ketones (excluding diaryl/α,β-unsaturated/α-hetero) is 1. The number of ketones is 1. The van der Waals surface area contributed by atoms with Gasteiger partial charge in [0.05, 0.1) is 7.11 Å². The number of carbonyl (C=O) groups is 2. The maximum Gasteiger partial charge on any atom is 0.316 e. The normalized spacial score (nSPS) is 11.9. The highest BCUT2D eigenvalue weighted by Crippen LogP contribution is 2.13. The van der Waals surface area contributed by atoms with Gasteiger partial charge in [0.15, 0.2) is 0 Å². The number of methoxy groups -OCH3 is 1. The van der Waals surface area contributed by atoms with Gasteiger partial charge >= 0.3 is 5.97 Å². The SMILES string of the molecule is COC(=O)C(CCc1ccc(F)cc1)C(C)=O. The van der Waals surface area contributed by atoms with E-state index in [9.17, 15) is 14.0 Å². The van der Waals surface area contributed by atoms with Gasteiger partial charge in [0.1, 0.15) is 17.5 Å². The molecule has 0 heterocycles. The Morgan fingerprint density at radius 3 is 2.35 bits per heavy atom. The lowest BCUT2D eigenvalue weighted by atomic mass is 9.96. The molecule has 0 fully saturated rings. The molecular formula is C13H15FO3. The van der Waals surface area contributed by atoms with Gasteiger partial charge in [-0.3, -0.25) is 9.59 Å². The zero-order chi connectivity index (χ0) is 12.8. The highest BCUT2D eigenvalue weighted by Gasteiger charge is 2.23. The number of esters is 1. The molecule has 17 heavy (non-hydrogen) atoms. The Morgan fingerprint density at radius 1 is 1.29 bits per heavy atom. The van der Waals surface area contributed by atoms with Crippen LogP contribution in [0, 0.1) is 11.7 Å². The predicted octanol–water partition coefficient (Wildman–Crippen LogP) is 2.14. The predicted molar refractivity (Wildman–Crippen MR) is 60.9 cm³/mol. The largest absolute Gasteiger partial charge is 0.468 e. The second-order valence-electron chi connectivity index (χ2n) is 3.85. The van der Waals surface area contributed by atoms with Crippen molar-refractivity contribution in [2.24, 2.45) is 5.92 Å². The second kappa shape index (κ2) is 6.13. The molecule has 0 aliphatic carbocycles. The van der Waals surface area contributed by atoms with Crippen molar-refractivity contribution in [2.75, 3.05) is 7.11 Å². The standard InChI is InChI=1S/C13H15FO3/c1-9(15)12(13(16)17-2)8-5-10-3-6-11(14)7-4-10/h3-4,6-7,12H,5,8H2,1-2H3. The molecular weight excluding hydrogens is 223 g/mol. The molecule has 3 nitrogen and oxygen atoms in total. The molecule has 92 valence electrons. The third kappa shape index (κ3) is 3.98. The maximum absolute atomic E-state index is 12.7. The third-order valence-electron chi connectivity index (χ3n) is 2.61. The van der Waals surface area contributed by atoms with Crippen LogP contribution in [0.1, 0.15) is 18.9 Å². The molecule has 1 aromatic carbocycles. The van der Waals surface area contributed by atoms with Crippen molar-refractivity contribution in [1.29, 1.82) is 0 Å². The summed E-state index contributed by atoms with van der Waals surface area (Å²) >= 11 is 0.